The molecule has 2 aliphatic carbocycles. The van der Waals surface area contributed by atoms with Gasteiger partial charge in [0.05, 0.1) is 16.5 Å². The molecule has 2 heterocycles. The Bertz CT molecular complexity index is 740. The van der Waals surface area contributed by atoms with Crippen molar-refractivity contribution in [3.8, 4) is 0 Å². The summed E-state index contributed by atoms with van der Waals surface area (Å²) in [6.07, 6.45) is 6.95. The third-order valence-electron chi connectivity index (χ3n) is 5.96. The number of carbonyl (C=O) groups is 3. The number of hydrogen-bond acceptors (Lipinski definition) is 5. The van der Waals surface area contributed by atoms with Crippen LogP contribution in [0.5, 0.6) is 0 Å². The van der Waals surface area contributed by atoms with Crippen LogP contribution < -0.4 is 5.32 Å². The largest absolute Gasteiger partial charge is 0.340 e. The lowest BCUT2D eigenvalue weighted by molar-refractivity contribution is -0.139. The number of nitrogens with zero attached hydrogens (tertiary/aromatic N) is 2. The predicted molar refractivity (Wildman–Crippen MR) is 99.3 cm³/mol. The van der Waals surface area contributed by atoms with Gasteiger partial charge in [-0.15, -0.1) is 0 Å². The summed E-state index contributed by atoms with van der Waals surface area (Å²) in [7, 11) is 0. The number of Topliss-reactive ketones (excluding diaryl/α,β-unsaturated/α-hetero) is 1. The molecule has 1 saturated carbocycles. The fraction of sp³-hybridized carbons (Fsp3) is 0.684. The van der Waals surface area contributed by atoms with Gasteiger partial charge >= 0.3 is 0 Å². The number of amides is 2. The summed E-state index contributed by atoms with van der Waals surface area (Å²) in [4.78, 5) is 44.6. The fourth-order valence-electron chi connectivity index (χ4n) is 4.10. The summed E-state index contributed by atoms with van der Waals surface area (Å²) in [5, 5.41) is 3.36. The first-order chi connectivity index (χ1) is 12.5. The minimum Gasteiger partial charge on any atom is -0.340 e. The highest BCUT2D eigenvalue weighted by atomic mass is 32.1. The number of nitrogens with one attached hydrogen (secondary N) is 1. The van der Waals surface area contributed by atoms with E-state index in [2.05, 4.69) is 17.2 Å². The summed E-state index contributed by atoms with van der Waals surface area (Å²) >= 11 is 1.26. The molecule has 26 heavy (non-hydrogen) atoms. The molecule has 3 aliphatic rings. The molecule has 1 aliphatic heterocycles. The normalized spacial score (nSPS) is 26.2. The lowest BCUT2D eigenvalue weighted by Gasteiger charge is -2.36. The summed E-state index contributed by atoms with van der Waals surface area (Å²) < 4.78 is 0. The molecule has 7 heteroatoms. The Labute approximate surface area is 157 Å². The number of ketones is 1. The Morgan fingerprint density at radius 1 is 1.12 bits per heavy atom. The number of aromatic nitrogens is 1. The van der Waals surface area contributed by atoms with Gasteiger partial charge in [-0.1, -0.05) is 17.8 Å². The van der Waals surface area contributed by atoms with Crippen molar-refractivity contribution >= 4 is 34.1 Å². The van der Waals surface area contributed by atoms with Gasteiger partial charge in [0.1, 0.15) is 0 Å². The van der Waals surface area contributed by atoms with E-state index in [4.69, 9.17) is 0 Å². The second-order valence-electron chi connectivity index (χ2n) is 7.82. The number of thiazole rings is 1. The van der Waals surface area contributed by atoms with E-state index in [0.29, 0.717) is 22.1 Å². The molecule has 140 valence electrons. The molecule has 2 amide bonds. The van der Waals surface area contributed by atoms with Crippen LogP contribution in [0.1, 0.15) is 67.2 Å². The van der Waals surface area contributed by atoms with Gasteiger partial charge < -0.3 is 10.2 Å². The third kappa shape index (κ3) is 3.29. The highest BCUT2D eigenvalue weighted by molar-refractivity contribution is 7.17. The lowest BCUT2D eigenvalue weighted by atomic mass is 9.85. The molecule has 6 nitrogen and oxygen atoms in total. The van der Waals surface area contributed by atoms with Crippen molar-refractivity contribution in [3.63, 3.8) is 0 Å². The van der Waals surface area contributed by atoms with Gasteiger partial charge in [0, 0.05) is 31.3 Å². The maximum absolute atomic E-state index is 12.9. The molecule has 1 aromatic heterocycles. The van der Waals surface area contributed by atoms with Crippen molar-refractivity contribution in [1.29, 1.82) is 0 Å². The van der Waals surface area contributed by atoms with Gasteiger partial charge in [-0.25, -0.2) is 4.98 Å². The molecule has 0 bridgehead atoms. The SMILES string of the molecule is CC1CCCCN1C(=O)C1CC(=O)c2sc(NC(=O)C3CCC3)nc2C1. The minimum atomic E-state index is -0.312. The maximum atomic E-state index is 12.9. The molecule has 1 aromatic rings. The first kappa shape index (κ1) is 17.6. The number of piperidine rings is 1. The van der Waals surface area contributed by atoms with Crippen LogP contribution in [0.25, 0.3) is 0 Å². The average Bonchev–Trinajstić information content (AvgIpc) is 2.96. The van der Waals surface area contributed by atoms with Gasteiger partial charge in [-0.3, -0.25) is 14.4 Å². The molecule has 0 aromatic carbocycles. The van der Waals surface area contributed by atoms with Gasteiger partial charge in [0.15, 0.2) is 10.9 Å². The summed E-state index contributed by atoms with van der Waals surface area (Å²) in [5.74, 6) is -0.154. The summed E-state index contributed by atoms with van der Waals surface area (Å²) in [6, 6.07) is 0.250. The van der Waals surface area contributed by atoms with Gasteiger partial charge in [0.25, 0.3) is 0 Å². The van der Waals surface area contributed by atoms with E-state index in [1.54, 1.807) is 0 Å². The summed E-state index contributed by atoms with van der Waals surface area (Å²) in [6.45, 7) is 2.88. The molecule has 1 saturated heterocycles. The quantitative estimate of drug-likeness (QED) is 0.881. The van der Waals surface area contributed by atoms with Crippen molar-refractivity contribution < 1.29 is 14.4 Å². The van der Waals surface area contributed by atoms with Crippen LogP contribution in [0.4, 0.5) is 5.13 Å². The van der Waals surface area contributed by atoms with Crippen LogP contribution >= 0.6 is 11.3 Å². The highest BCUT2D eigenvalue weighted by Crippen LogP contribution is 2.35. The van der Waals surface area contributed by atoms with Crippen LogP contribution in [0.2, 0.25) is 0 Å². The molecular weight excluding hydrogens is 350 g/mol. The Hall–Kier alpha value is -1.76. The molecule has 2 atom stereocenters. The zero-order chi connectivity index (χ0) is 18.3. The number of hydrogen-bond donors (Lipinski definition) is 1. The van der Waals surface area contributed by atoms with Crippen LogP contribution in [0, 0.1) is 11.8 Å². The molecule has 1 N–H and O–H groups in total. The Kier molecular flexibility index (Phi) is 4.82. The standard InChI is InChI=1S/C19H25N3O3S/c1-11-5-2-3-8-22(11)18(25)13-9-14-16(15(23)10-13)26-19(20-14)21-17(24)12-6-4-7-12/h11-13H,2-10H2,1H3,(H,20,21,24). The van der Waals surface area contributed by atoms with Crippen LogP contribution in [0.15, 0.2) is 0 Å². The van der Waals surface area contributed by atoms with Gasteiger partial charge in [-0.05, 0) is 39.0 Å². The Morgan fingerprint density at radius 3 is 2.62 bits per heavy atom. The molecular formula is C19H25N3O3S. The van der Waals surface area contributed by atoms with E-state index in [1.807, 2.05) is 4.90 Å². The monoisotopic (exact) mass is 375 g/mol. The van der Waals surface area contributed by atoms with Crippen molar-refractivity contribution in [1.82, 2.24) is 9.88 Å². The zero-order valence-electron chi connectivity index (χ0n) is 15.1. The van der Waals surface area contributed by atoms with E-state index >= 15 is 0 Å². The van der Waals surface area contributed by atoms with Crippen molar-refractivity contribution in [2.45, 2.75) is 64.3 Å². The molecule has 4 rings (SSSR count). The Balaban J connectivity index is 1.46. The van der Waals surface area contributed by atoms with Crippen molar-refractivity contribution in [2.75, 3.05) is 11.9 Å². The number of rotatable bonds is 3. The van der Waals surface area contributed by atoms with Crippen molar-refractivity contribution in [2.24, 2.45) is 11.8 Å². The highest BCUT2D eigenvalue weighted by Gasteiger charge is 2.37. The molecule has 0 spiro atoms. The first-order valence-corrected chi connectivity index (χ1v) is 10.5. The topological polar surface area (TPSA) is 79.4 Å². The second-order valence-corrected chi connectivity index (χ2v) is 8.82. The van der Waals surface area contributed by atoms with Crippen LogP contribution in [0.3, 0.4) is 0 Å². The Morgan fingerprint density at radius 2 is 1.92 bits per heavy atom. The van der Waals surface area contributed by atoms with E-state index in [1.165, 1.54) is 11.3 Å². The van der Waals surface area contributed by atoms with Crippen molar-refractivity contribution in [3.05, 3.63) is 10.6 Å². The number of carbonyl (C=O) groups excluding carboxylic acids is 3. The van der Waals surface area contributed by atoms with Crippen LogP contribution in [-0.2, 0) is 16.0 Å². The third-order valence-corrected chi connectivity index (χ3v) is 7.02. The maximum Gasteiger partial charge on any atom is 0.229 e. The molecule has 2 fully saturated rings. The number of fused-ring (bicyclic) bond motifs is 1. The second kappa shape index (κ2) is 7.10. The van der Waals surface area contributed by atoms with Gasteiger partial charge in [0.2, 0.25) is 11.8 Å². The zero-order valence-corrected chi connectivity index (χ0v) is 15.9. The smallest absolute Gasteiger partial charge is 0.229 e. The van der Waals surface area contributed by atoms with E-state index in [0.717, 1.165) is 45.1 Å². The minimum absolute atomic E-state index is 0.00423. The molecule has 2 unspecified atom stereocenters. The molecule has 0 radical (unpaired) electrons. The van der Waals surface area contributed by atoms with E-state index in [9.17, 15) is 14.4 Å². The first-order valence-electron chi connectivity index (χ1n) is 9.67. The van der Waals surface area contributed by atoms with Gasteiger partial charge in [-0.2, -0.15) is 0 Å². The number of likely N-dealkylation sites (tertiary alicyclic amines) is 1. The number of anilines is 1. The van der Waals surface area contributed by atoms with E-state index < -0.39 is 0 Å². The summed E-state index contributed by atoms with van der Waals surface area (Å²) in [5.41, 5.74) is 0.679. The predicted octanol–water partition coefficient (Wildman–Crippen LogP) is 3.03. The van der Waals surface area contributed by atoms with E-state index in [-0.39, 0.29) is 41.9 Å². The fourth-order valence-corrected chi connectivity index (χ4v) is 5.04. The lowest BCUT2D eigenvalue weighted by Crippen LogP contribution is -2.46. The van der Waals surface area contributed by atoms with Crippen LogP contribution in [-0.4, -0.2) is 40.1 Å². The average molecular weight is 375 g/mol.